The maximum atomic E-state index is 11.6. The van der Waals surface area contributed by atoms with Crippen LogP contribution in [0.1, 0.15) is 78.1 Å². The summed E-state index contributed by atoms with van der Waals surface area (Å²) in [5.74, 6) is -0.918. The van der Waals surface area contributed by atoms with Crippen LogP contribution in [0, 0.1) is 0 Å². The molecule has 0 aliphatic rings. The molecule has 0 aromatic rings. The van der Waals surface area contributed by atoms with E-state index in [1.165, 1.54) is 45.4 Å². The number of unbranched alkanes of at least 4 members (excludes halogenated alkanes) is 8. The highest BCUT2D eigenvalue weighted by Crippen LogP contribution is 2.13. The molecular formula is C17H34O5. The van der Waals surface area contributed by atoms with Gasteiger partial charge in [-0.05, 0) is 13.3 Å². The Morgan fingerprint density at radius 3 is 1.68 bits per heavy atom. The van der Waals surface area contributed by atoms with Gasteiger partial charge in [0.25, 0.3) is 0 Å². The Labute approximate surface area is 134 Å². The minimum absolute atomic E-state index is 0.329. The monoisotopic (exact) mass is 318 g/mol. The van der Waals surface area contributed by atoms with Gasteiger partial charge >= 0.3 is 0 Å². The van der Waals surface area contributed by atoms with Crippen molar-refractivity contribution in [3.8, 4) is 0 Å². The lowest BCUT2D eigenvalue weighted by Crippen LogP contribution is -2.44. The van der Waals surface area contributed by atoms with Gasteiger partial charge in [-0.2, -0.15) is 0 Å². The molecule has 0 amide bonds. The second-order valence-corrected chi connectivity index (χ2v) is 6.22. The Bertz CT molecular complexity index is 280. The SMILES string of the molecule is CCCCCCCCCCCC(O)[C@@H](O)C(=O)[C@H](O)[C@@H](C)O. The summed E-state index contributed by atoms with van der Waals surface area (Å²) in [6, 6.07) is 0. The fraction of sp³-hybridized carbons (Fsp3) is 0.941. The zero-order chi connectivity index (χ0) is 17.0. The summed E-state index contributed by atoms with van der Waals surface area (Å²) in [5.41, 5.74) is 0. The second kappa shape index (κ2) is 13.0. The van der Waals surface area contributed by atoms with E-state index in [0.717, 1.165) is 19.3 Å². The molecule has 132 valence electrons. The topological polar surface area (TPSA) is 98.0 Å². The molecule has 0 aliphatic carbocycles. The van der Waals surface area contributed by atoms with Crippen LogP contribution in [0.2, 0.25) is 0 Å². The molecule has 0 aliphatic heterocycles. The summed E-state index contributed by atoms with van der Waals surface area (Å²) >= 11 is 0. The molecule has 0 bridgehead atoms. The van der Waals surface area contributed by atoms with Gasteiger partial charge in [-0.3, -0.25) is 4.79 Å². The molecule has 0 spiro atoms. The first kappa shape index (κ1) is 21.5. The van der Waals surface area contributed by atoms with Crippen molar-refractivity contribution in [1.29, 1.82) is 0 Å². The molecule has 5 heteroatoms. The van der Waals surface area contributed by atoms with E-state index < -0.39 is 30.2 Å². The fourth-order valence-corrected chi connectivity index (χ4v) is 2.42. The average molecular weight is 318 g/mol. The summed E-state index contributed by atoms with van der Waals surface area (Å²) in [6.45, 7) is 3.47. The average Bonchev–Trinajstić information content (AvgIpc) is 2.50. The lowest BCUT2D eigenvalue weighted by molar-refractivity contribution is -0.146. The molecular weight excluding hydrogens is 284 g/mol. The lowest BCUT2D eigenvalue weighted by Gasteiger charge is -2.20. The number of carbonyl (C=O) groups excluding carboxylic acids is 1. The number of carbonyl (C=O) groups is 1. The standard InChI is InChI=1S/C17H34O5/c1-3-4-5-6-7-8-9-10-11-12-14(19)16(21)17(22)15(20)13(2)18/h13-16,18-21H,3-12H2,1-2H3/t13-,14?,15-,16-/m1/s1. The molecule has 0 heterocycles. The first-order valence-electron chi connectivity index (χ1n) is 8.67. The van der Waals surface area contributed by atoms with Crippen LogP contribution in [0.3, 0.4) is 0 Å². The van der Waals surface area contributed by atoms with Crippen molar-refractivity contribution in [2.45, 2.75) is 102 Å². The molecule has 0 saturated carbocycles. The number of aliphatic hydroxyl groups excluding tert-OH is 4. The maximum absolute atomic E-state index is 11.6. The number of Topliss-reactive ketones (excluding diaryl/α,β-unsaturated/α-hetero) is 1. The number of aliphatic hydroxyl groups is 4. The van der Waals surface area contributed by atoms with Gasteiger partial charge in [-0.1, -0.05) is 64.7 Å². The summed E-state index contributed by atoms with van der Waals surface area (Å²) in [4.78, 5) is 11.6. The van der Waals surface area contributed by atoms with Crippen molar-refractivity contribution in [1.82, 2.24) is 0 Å². The van der Waals surface area contributed by atoms with E-state index in [-0.39, 0.29) is 0 Å². The molecule has 0 fully saturated rings. The fourth-order valence-electron chi connectivity index (χ4n) is 2.42. The summed E-state index contributed by atoms with van der Waals surface area (Å²) in [5, 5.41) is 37.9. The first-order valence-corrected chi connectivity index (χ1v) is 8.67. The summed E-state index contributed by atoms with van der Waals surface area (Å²) in [6.07, 6.45) is 4.99. The van der Waals surface area contributed by atoms with Crippen molar-refractivity contribution >= 4 is 5.78 Å². The van der Waals surface area contributed by atoms with Crippen LogP contribution < -0.4 is 0 Å². The molecule has 0 saturated heterocycles. The molecule has 0 aromatic heterocycles. The third-order valence-corrected chi connectivity index (χ3v) is 4.01. The maximum Gasteiger partial charge on any atom is 0.194 e. The largest absolute Gasteiger partial charge is 0.390 e. The van der Waals surface area contributed by atoms with Crippen LogP contribution in [-0.4, -0.2) is 50.6 Å². The Balaban J connectivity index is 3.68. The van der Waals surface area contributed by atoms with Gasteiger partial charge in [-0.25, -0.2) is 0 Å². The van der Waals surface area contributed by atoms with Crippen molar-refractivity contribution in [3.05, 3.63) is 0 Å². The molecule has 1 unspecified atom stereocenters. The lowest BCUT2D eigenvalue weighted by atomic mass is 9.97. The quantitative estimate of drug-likeness (QED) is 0.367. The van der Waals surface area contributed by atoms with E-state index in [2.05, 4.69) is 6.92 Å². The van der Waals surface area contributed by atoms with Crippen molar-refractivity contribution in [2.24, 2.45) is 0 Å². The summed E-state index contributed by atoms with van der Waals surface area (Å²) in [7, 11) is 0. The van der Waals surface area contributed by atoms with Crippen LogP contribution >= 0.6 is 0 Å². The van der Waals surface area contributed by atoms with E-state index in [0.29, 0.717) is 6.42 Å². The molecule has 4 N–H and O–H groups in total. The smallest absolute Gasteiger partial charge is 0.194 e. The van der Waals surface area contributed by atoms with Crippen LogP contribution in [0.15, 0.2) is 0 Å². The highest BCUT2D eigenvalue weighted by atomic mass is 16.4. The number of hydrogen-bond donors (Lipinski definition) is 4. The second-order valence-electron chi connectivity index (χ2n) is 6.22. The molecule has 4 atom stereocenters. The van der Waals surface area contributed by atoms with Crippen LogP contribution in [0.25, 0.3) is 0 Å². The molecule has 0 aromatic carbocycles. The Morgan fingerprint density at radius 1 is 0.773 bits per heavy atom. The minimum Gasteiger partial charge on any atom is -0.390 e. The number of ketones is 1. The zero-order valence-corrected chi connectivity index (χ0v) is 14.1. The van der Waals surface area contributed by atoms with Crippen LogP contribution in [0.4, 0.5) is 0 Å². The molecule has 0 rings (SSSR count). The Kier molecular flexibility index (Phi) is 12.7. The first-order chi connectivity index (χ1) is 10.4. The highest BCUT2D eigenvalue weighted by Gasteiger charge is 2.31. The number of rotatable bonds is 14. The predicted molar refractivity (Wildman–Crippen MR) is 86.6 cm³/mol. The molecule has 22 heavy (non-hydrogen) atoms. The van der Waals surface area contributed by atoms with Crippen molar-refractivity contribution in [3.63, 3.8) is 0 Å². The van der Waals surface area contributed by atoms with Gasteiger partial charge in [0.05, 0.1) is 12.2 Å². The van der Waals surface area contributed by atoms with E-state index in [4.69, 9.17) is 5.11 Å². The Morgan fingerprint density at radius 2 is 1.23 bits per heavy atom. The van der Waals surface area contributed by atoms with Gasteiger partial charge in [0, 0.05) is 0 Å². The third kappa shape index (κ3) is 9.51. The van der Waals surface area contributed by atoms with Crippen LogP contribution in [0.5, 0.6) is 0 Å². The van der Waals surface area contributed by atoms with E-state index in [1.807, 2.05) is 0 Å². The predicted octanol–water partition coefficient (Wildman–Crippen LogP) is 1.94. The summed E-state index contributed by atoms with van der Waals surface area (Å²) < 4.78 is 0. The third-order valence-electron chi connectivity index (χ3n) is 4.01. The van der Waals surface area contributed by atoms with Crippen LogP contribution in [-0.2, 0) is 4.79 Å². The molecule has 0 radical (unpaired) electrons. The van der Waals surface area contributed by atoms with E-state index in [1.54, 1.807) is 0 Å². The van der Waals surface area contributed by atoms with E-state index >= 15 is 0 Å². The van der Waals surface area contributed by atoms with Crippen molar-refractivity contribution < 1.29 is 25.2 Å². The van der Waals surface area contributed by atoms with E-state index in [9.17, 15) is 20.1 Å². The molecule has 5 nitrogen and oxygen atoms in total. The van der Waals surface area contributed by atoms with Gasteiger partial charge in [0.2, 0.25) is 0 Å². The van der Waals surface area contributed by atoms with Gasteiger partial charge in [0.15, 0.2) is 5.78 Å². The van der Waals surface area contributed by atoms with Crippen molar-refractivity contribution in [2.75, 3.05) is 0 Å². The van der Waals surface area contributed by atoms with Gasteiger partial charge in [0.1, 0.15) is 12.2 Å². The Hall–Kier alpha value is -0.490. The number of hydrogen-bond acceptors (Lipinski definition) is 5. The highest BCUT2D eigenvalue weighted by molar-refractivity contribution is 5.87. The normalized spacial score (nSPS) is 17.0. The van der Waals surface area contributed by atoms with Gasteiger partial charge < -0.3 is 20.4 Å². The zero-order valence-electron chi connectivity index (χ0n) is 14.1. The van der Waals surface area contributed by atoms with Gasteiger partial charge in [-0.15, -0.1) is 0 Å². The minimum atomic E-state index is -1.65.